The van der Waals surface area contributed by atoms with Crippen molar-refractivity contribution in [2.75, 3.05) is 46.4 Å². The van der Waals surface area contributed by atoms with E-state index in [0.717, 1.165) is 13.1 Å². The summed E-state index contributed by atoms with van der Waals surface area (Å²) in [5, 5.41) is 0. The van der Waals surface area contributed by atoms with Gasteiger partial charge in [-0.25, -0.2) is 4.79 Å². The average Bonchev–Trinajstić information content (AvgIpc) is 2.37. The number of hydrogen-bond acceptors (Lipinski definition) is 6. The average molecular weight is 316 g/mol. The maximum absolute atomic E-state index is 11.9. The fourth-order valence-electron chi connectivity index (χ4n) is 2.04. The second kappa shape index (κ2) is 8.33. The van der Waals surface area contributed by atoms with Crippen molar-refractivity contribution >= 4 is 12.1 Å². The Morgan fingerprint density at radius 3 is 2.41 bits per heavy atom. The minimum atomic E-state index is -0.584. The molecule has 0 bridgehead atoms. The van der Waals surface area contributed by atoms with Crippen LogP contribution < -0.4 is 0 Å². The highest BCUT2D eigenvalue weighted by Gasteiger charge is 2.23. The first-order valence-electron chi connectivity index (χ1n) is 7.61. The number of likely N-dealkylation sites (N-methyl/N-ethyl adjacent to an activating group) is 1. The lowest BCUT2D eigenvalue weighted by atomic mass is 10.2. The normalized spacial score (nSPS) is 17.7. The summed E-state index contributed by atoms with van der Waals surface area (Å²) in [7, 11) is 1.52. The molecule has 7 heteroatoms. The van der Waals surface area contributed by atoms with E-state index in [1.54, 1.807) is 20.8 Å². The number of hydrogen-bond donors (Lipinski definition) is 0. The van der Waals surface area contributed by atoms with Crippen LogP contribution in [-0.4, -0.2) is 80.0 Å². The Balaban J connectivity index is 2.30. The van der Waals surface area contributed by atoms with Crippen LogP contribution in [0.4, 0.5) is 4.79 Å². The summed E-state index contributed by atoms with van der Waals surface area (Å²) in [6.07, 6.45) is -0.761. The third-order valence-corrected chi connectivity index (χ3v) is 3.02. The van der Waals surface area contributed by atoms with Gasteiger partial charge in [-0.3, -0.25) is 9.69 Å². The Labute approximate surface area is 132 Å². The highest BCUT2D eigenvalue weighted by Crippen LogP contribution is 2.09. The van der Waals surface area contributed by atoms with Crippen LogP contribution in [0.1, 0.15) is 27.7 Å². The Hall–Kier alpha value is -1.34. The predicted octanol–water partition coefficient (Wildman–Crippen LogP) is 1.12. The van der Waals surface area contributed by atoms with Gasteiger partial charge in [0.05, 0.1) is 13.2 Å². The molecule has 0 aromatic heterocycles. The third kappa shape index (κ3) is 7.61. The molecule has 1 aliphatic rings. The van der Waals surface area contributed by atoms with Gasteiger partial charge in [-0.1, -0.05) is 0 Å². The van der Waals surface area contributed by atoms with E-state index < -0.39 is 17.7 Å². The van der Waals surface area contributed by atoms with Gasteiger partial charge >= 0.3 is 12.1 Å². The van der Waals surface area contributed by atoms with Gasteiger partial charge in [0, 0.05) is 26.7 Å². The molecule has 7 nitrogen and oxygen atoms in total. The Kier molecular flexibility index (Phi) is 7.09. The summed E-state index contributed by atoms with van der Waals surface area (Å²) in [5.74, 6) is -0.436. The second-order valence-electron chi connectivity index (χ2n) is 6.55. The van der Waals surface area contributed by atoms with Crippen LogP contribution in [0.2, 0.25) is 0 Å². The van der Waals surface area contributed by atoms with Gasteiger partial charge in [0.15, 0.2) is 0 Å². The van der Waals surface area contributed by atoms with E-state index in [2.05, 4.69) is 4.90 Å². The van der Waals surface area contributed by atoms with Crippen LogP contribution in [0.3, 0.4) is 0 Å². The lowest BCUT2D eigenvalue weighted by molar-refractivity contribution is -0.150. The van der Waals surface area contributed by atoms with Gasteiger partial charge < -0.3 is 19.1 Å². The standard InChI is InChI=1S/C15H28N2O5/c1-12(10-17-6-8-20-9-7-17)21-13(18)11-16(5)14(19)22-15(2,3)4/h12H,6-11H2,1-5H3/t12-/m1/s1. The van der Waals surface area contributed by atoms with Crippen LogP contribution in [0.5, 0.6) is 0 Å². The quantitative estimate of drug-likeness (QED) is 0.708. The molecular formula is C15H28N2O5. The number of esters is 1. The van der Waals surface area contributed by atoms with E-state index in [-0.39, 0.29) is 12.6 Å². The van der Waals surface area contributed by atoms with Crippen molar-refractivity contribution in [3.63, 3.8) is 0 Å². The molecule has 1 rings (SSSR count). The van der Waals surface area contributed by atoms with E-state index in [1.165, 1.54) is 11.9 Å². The number of rotatable bonds is 5. The van der Waals surface area contributed by atoms with Crippen molar-refractivity contribution in [2.24, 2.45) is 0 Å². The molecule has 1 heterocycles. The lowest BCUT2D eigenvalue weighted by Gasteiger charge is -2.29. The minimum Gasteiger partial charge on any atom is -0.460 e. The van der Waals surface area contributed by atoms with Gasteiger partial charge in [0.25, 0.3) is 0 Å². The first-order valence-corrected chi connectivity index (χ1v) is 7.61. The van der Waals surface area contributed by atoms with E-state index in [9.17, 15) is 9.59 Å². The predicted molar refractivity (Wildman–Crippen MR) is 81.7 cm³/mol. The molecular weight excluding hydrogens is 288 g/mol. The fourth-order valence-corrected chi connectivity index (χ4v) is 2.04. The van der Waals surface area contributed by atoms with Crippen LogP contribution in [0.15, 0.2) is 0 Å². The Morgan fingerprint density at radius 2 is 1.86 bits per heavy atom. The summed E-state index contributed by atoms with van der Waals surface area (Å²) in [4.78, 5) is 27.0. The Bertz CT molecular complexity index is 375. The highest BCUT2D eigenvalue weighted by atomic mass is 16.6. The summed E-state index contributed by atoms with van der Waals surface area (Å²) in [6, 6.07) is 0. The molecule has 1 atom stereocenters. The zero-order valence-corrected chi connectivity index (χ0v) is 14.3. The lowest BCUT2D eigenvalue weighted by Crippen LogP contribution is -2.42. The van der Waals surface area contributed by atoms with Crippen molar-refractivity contribution in [1.29, 1.82) is 0 Å². The van der Waals surface area contributed by atoms with E-state index in [4.69, 9.17) is 14.2 Å². The first kappa shape index (κ1) is 18.7. The molecule has 1 aliphatic heterocycles. The Morgan fingerprint density at radius 1 is 1.27 bits per heavy atom. The maximum Gasteiger partial charge on any atom is 0.410 e. The molecule has 0 unspecified atom stereocenters. The molecule has 0 aromatic rings. The molecule has 0 spiro atoms. The second-order valence-corrected chi connectivity index (χ2v) is 6.55. The number of morpholine rings is 1. The van der Waals surface area contributed by atoms with E-state index in [1.807, 2.05) is 6.92 Å². The van der Waals surface area contributed by atoms with E-state index >= 15 is 0 Å². The molecule has 0 N–H and O–H groups in total. The molecule has 0 aliphatic carbocycles. The highest BCUT2D eigenvalue weighted by molar-refractivity contribution is 5.78. The monoisotopic (exact) mass is 316 g/mol. The van der Waals surface area contributed by atoms with Crippen molar-refractivity contribution in [1.82, 2.24) is 9.80 Å². The van der Waals surface area contributed by atoms with Gasteiger partial charge in [-0.2, -0.15) is 0 Å². The third-order valence-electron chi connectivity index (χ3n) is 3.02. The number of nitrogens with zero attached hydrogens (tertiary/aromatic N) is 2. The van der Waals surface area contributed by atoms with Crippen LogP contribution in [0, 0.1) is 0 Å². The van der Waals surface area contributed by atoms with Crippen molar-refractivity contribution < 1.29 is 23.8 Å². The minimum absolute atomic E-state index is 0.123. The zero-order valence-electron chi connectivity index (χ0n) is 14.3. The number of amides is 1. The topological polar surface area (TPSA) is 68.3 Å². The fraction of sp³-hybridized carbons (Fsp3) is 0.867. The summed E-state index contributed by atoms with van der Waals surface area (Å²) >= 11 is 0. The van der Waals surface area contributed by atoms with Crippen molar-refractivity contribution in [2.45, 2.75) is 39.4 Å². The maximum atomic E-state index is 11.9. The summed E-state index contributed by atoms with van der Waals surface area (Å²) in [6.45, 7) is 10.8. The van der Waals surface area contributed by atoms with Gasteiger partial charge in [0.2, 0.25) is 0 Å². The molecule has 1 fully saturated rings. The smallest absolute Gasteiger partial charge is 0.410 e. The molecule has 0 radical (unpaired) electrons. The summed E-state index contributed by atoms with van der Waals surface area (Å²) < 4.78 is 15.8. The number of carbonyl (C=O) groups is 2. The van der Waals surface area contributed by atoms with Gasteiger partial charge in [0.1, 0.15) is 18.2 Å². The van der Waals surface area contributed by atoms with Crippen molar-refractivity contribution in [3.05, 3.63) is 0 Å². The van der Waals surface area contributed by atoms with Crippen LogP contribution in [0.25, 0.3) is 0 Å². The summed E-state index contributed by atoms with van der Waals surface area (Å²) in [5.41, 5.74) is -0.584. The zero-order chi connectivity index (χ0) is 16.8. The van der Waals surface area contributed by atoms with Gasteiger partial charge in [-0.05, 0) is 27.7 Å². The molecule has 128 valence electrons. The molecule has 22 heavy (non-hydrogen) atoms. The van der Waals surface area contributed by atoms with E-state index in [0.29, 0.717) is 19.8 Å². The molecule has 0 aromatic carbocycles. The number of carbonyl (C=O) groups excluding carboxylic acids is 2. The number of ether oxygens (including phenoxy) is 3. The SMILES string of the molecule is C[C@H](CN1CCOCC1)OC(=O)CN(C)C(=O)OC(C)(C)C. The first-order chi connectivity index (χ1) is 10.2. The molecule has 1 saturated heterocycles. The largest absolute Gasteiger partial charge is 0.460 e. The van der Waals surface area contributed by atoms with Gasteiger partial charge in [-0.15, -0.1) is 0 Å². The van der Waals surface area contributed by atoms with Crippen LogP contribution >= 0.6 is 0 Å². The molecule has 1 amide bonds. The molecule has 0 saturated carbocycles. The van der Waals surface area contributed by atoms with Crippen LogP contribution in [-0.2, 0) is 19.0 Å². The van der Waals surface area contributed by atoms with Crippen molar-refractivity contribution in [3.8, 4) is 0 Å².